The zero-order chi connectivity index (χ0) is 13.4. The molecule has 96 valence electrons. The van der Waals surface area contributed by atoms with E-state index in [9.17, 15) is 0 Å². The average Bonchev–Trinajstić information content (AvgIpc) is 2.73. The van der Waals surface area contributed by atoms with E-state index in [1.165, 1.54) is 27.8 Å². The van der Waals surface area contributed by atoms with Gasteiger partial charge in [0.15, 0.2) is 0 Å². The van der Waals surface area contributed by atoms with Crippen LogP contribution in [0.5, 0.6) is 0 Å². The van der Waals surface area contributed by atoms with E-state index in [-0.39, 0.29) is 6.04 Å². The van der Waals surface area contributed by atoms with Crippen LogP contribution in [0.3, 0.4) is 0 Å². The Morgan fingerprint density at radius 1 is 0.944 bits per heavy atom. The van der Waals surface area contributed by atoms with Crippen LogP contribution in [0.4, 0.5) is 0 Å². The van der Waals surface area contributed by atoms with E-state index < -0.39 is 0 Å². The Hall–Kier alpha value is -1.54. The number of furan rings is 1. The normalized spacial score (nSPS) is 12.8. The lowest BCUT2D eigenvalue weighted by molar-refractivity contribution is 0.465. The Bertz CT molecular complexity index is 555. The molecule has 2 aromatic rings. The summed E-state index contributed by atoms with van der Waals surface area (Å²) in [6.45, 7) is 10.5. The van der Waals surface area contributed by atoms with Crippen molar-refractivity contribution in [2.24, 2.45) is 5.73 Å². The predicted molar refractivity (Wildman–Crippen MR) is 74.9 cm³/mol. The van der Waals surface area contributed by atoms with Crippen LogP contribution in [0.1, 0.15) is 45.4 Å². The first-order chi connectivity index (χ1) is 8.41. The molecule has 1 aromatic carbocycles. The van der Waals surface area contributed by atoms with Crippen LogP contribution < -0.4 is 5.73 Å². The van der Waals surface area contributed by atoms with Crippen molar-refractivity contribution in [3.63, 3.8) is 0 Å². The molecule has 1 aromatic heterocycles. The van der Waals surface area contributed by atoms with E-state index >= 15 is 0 Å². The fraction of sp³-hybridized carbons (Fsp3) is 0.375. The molecular formula is C16H21NO. The third kappa shape index (κ3) is 2.08. The zero-order valence-corrected chi connectivity index (χ0v) is 11.8. The SMILES string of the molecule is Cc1ccc(C(N)c2c(C)c(C)cc(C)c2C)o1. The second kappa shape index (κ2) is 4.62. The third-order valence-corrected chi connectivity index (χ3v) is 3.80. The molecular weight excluding hydrogens is 222 g/mol. The molecule has 0 amide bonds. The summed E-state index contributed by atoms with van der Waals surface area (Å²) in [5.41, 5.74) is 12.7. The molecule has 0 fully saturated rings. The van der Waals surface area contributed by atoms with Crippen LogP contribution >= 0.6 is 0 Å². The van der Waals surface area contributed by atoms with Gasteiger partial charge in [0.2, 0.25) is 0 Å². The van der Waals surface area contributed by atoms with Gasteiger partial charge in [-0.3, -0.25) is 0 Å². The molecule has 0 spiro atoms. The second-order valence-electron chi connectivity index (χ2n) is 5.10. The van der Waals surface area contributed by atoms with Gasteiger partial charge in [0.1, 0.15) is 11.5 Å². The van der Waals surface area contributed by atoms with Crippen molar-refractivity contribution < 1.29 is 4.42 Å². The summed E-state index contributed by atoms with van der Waals surface area (Å²) in [7, 11) is 0. The first-order valence-electron chi connectivity index (χ1n) is 6.31. The third-order valence-electron chi connectivity index (χ3n) is 3.80. The Balaban J connectivity index is 2.57. The van der Waals surface area contributed by atoms with Gasteiger partial charge >= 0.3 is 0 Å². The van der Waals surface area contributed by atoms with Crippen LogP contribution in [0.2, 0.25) is 0 Å². The molecule has 1 heterocycles. The number of rotatable bonds is 2. The van der Waals surface area contributed by atoms with Gasteiger partial charge in [0, 0.05) is 0 Å². The van der Waals surface area contributed by atoms with Crippen molar-refractivity contribution in [3.05, 3.63) is 57.5 Å². The number of aryl methyl sites for hydroxylation is 3. The molecule has 0 aliphatic heterocycles. The lowest BCUT2D eigenvalue weighted by atomic mass is 9.89. The lowest BCUT2D eigenvalue weighted by Gasteiger charge is -2.19. The van der Waals surface area contributed by atoms with Crippen LogP contribution in [-0.4, -0.2) is 0 Å². The predicted octanol–water partition coefficient (Wildman–Crippen LogP) is 3.87. The molecule has 1 unspecified atom stereocenters. The lowest BCUT2D eigenvalue weighted by Crippen LogP contribution is -2.15. The summed E-state index contributed by atoms with van der Waals surface area (Å²) in [5.74, 6) is 1.74. The van der Waals surface area contributed by atoms with E-state index in [4.69, 9.17) is 10.2 Å². The first-order valence-corrected chi connectivity index (χ1v) is 6.31. The van der Waals surface area contributed by atoms with Gasteiger partial charge in [-0.1, -0.05) is 6.07 Å². The number of nitrogens with two attached hydrogens (primary N) is 1. The highest BCUT2D eigenvalue weighted by Gasteiger charge is 2.19. The quantitative estimate of drug-likeness (QED) is 0.869. The summed E-state index contributed by atoms with van der Waals surface area (Å²) < 4.78 is 5.66. The van der Waals surface area contributed by atoms with Gasteiger partial charge in [-0.25, -0.2) is 0 Å². The van der Waals surface area contributed by atoms with Gasteiger partial charge < -0.3 is 10.2 Å². The summed E-state index contributed by atoms with van der Waals surface area (Å²) in [6.07, 6.45) is 0. The maximum Gasteiger partial charge on any atom is 0.125 e. The largest absolute Gasteiger partial charge is 0.464 e. The van der Waals surface area contributed by atoms with E-state index in [1.54, 1.807) is 0 Å². The molecule has 0 saturated carbocycles. The highest BCUT2D eigenvalue weighted by Crippen LogP contribution is 2.30. The summed E-state index contributed by atoms with van der Waals surface area (Å²) >= 11 is 0. The van der Waals surface area contributed by atoms with Crippen LogP contribution in [0.15, 0.2) is 22.6 Å². The van der Waals surface area contributed by atoms with Crippen LogP contribution in [0, 0.1) is 34.6 Å². The Kier molecular flexibility index (Phi) is 3.31. The van der Waals surface area contributed by atoms with E-state index in [0.29, 0.717) is 0 Å². The van der Waals surface area contributed by atoms with Crippen molar-refractivity contribution in [3.8, 4) is 0 Å². The van der Waals surface area contributed by atoms with E-state index in [1.807, 2.05) is 19.1 Å². The van der Waals surface area contributed by atoms with Crippen molar-refractivity contribution in [2.45, 2.75) is 40.7 Å². The molecule has 0 aliphatic rings. The number of hydrogen-bond donors (Lipinski definition) is 1. The van der Waals surface area contributed by atoms with Crippen molar-refractivity contribution in [1.29, 1.82) is 0 Å². The Labute approximate surface area is 109 Å². The highest BCUT2D eigenvalue weighted by molar-refractivity contribution is 5.47. The fourth-order valence-corrected chi connectivity index (χ4v) is 2.48. The second-order valence-corrected chi connectivity index (χ2v) is 5.10. The van der Waals surface area contributed by atoms with Crippen LogP contribution in [0.25, 0.3) is 0 Å². The van der Waals surface area contributed by atoms with Crippen molar-refractivity contribution in [2.75, 3.05) is 0 Å². The summed E-state index contributed by atoms with van der Waals surface area (Å²) in [6, 6.07) is 5.96. The van der Waals surface area contributed by atoms with Crippen LogP contribution in [-0.2, 0) is 0 Å². The van der Waals surface area contributed by atoms with Gasteiger partial charge in [-0.05, 0) is 74.6 Å². The van der Waals surface area contributed by atoms with E-state index in [2.05, 4.69) is 33.8 Å². The maximum absolute atomic E-state index is 6.38. The molecule has 2 nitrogen and oxygen atoms in total. The van der Waals surface area contributed by atoms with Crippen molar-refractivity contribution in [1.82, 2.24) is 0 Å². The van der Waals surface area contributed by atoms with Crippen molar-refractivity contribution >= 4 is 0 Å². The summed E-state index contributed by atoms with van der Waals surface area (Å²) in [4.78, 5) is 0. The fourth-order valence-electron chi connectivity index (χ4n) is 2.48. The molecule has 18 heavy (non-hydrogen) atoms. The smallest absolute Gasteiger partial charge is 0.125 e. The average molecular weight is 243 g/mol. The minimum atomic E-state index is -0.183. The molecule has 2 heteroatoms. The molecule has 2 N–H and O–H groups in total. The Morgan fingerprint density at radius 3 is 1.94 bits per heavy atom. The number of hydrogen-bond acceptors (Lipinski definition) is 2. The number of benzene rings is 1. The van der Waals surface area contributed by atoms with Gasteiger partial charge in [0.25, 0.3) is 0 Å². The minimum Gasteiger partial charge on any atom is -0.464 e. The first kappa shape index (κ1) is 12.9. The van der Waals surface area contributed by atoms with E-state index in [0.717, 1.165) is 11.5 Å². The minimum absolute atomic E-state index is 0.183. The topological polar surface area (TPSA) is 39.2 Å². The molecule has 0 bridgehead atoms. The highest BCUT2D eigenvalue weighted by atomic mass is 16.3. The van der Waals surface area contributed by atoms with Gasteiger partial charge in [0.05, 0.1) is 6.04 Å². The standard InChI is InChI=1S/C16H21NO/c1-9-8-10(2)13(5)15(12(9)4)16(17)14-7-6-11(3)18-14/h6-8,16H,17H2,1-5H3. The molecule has 0 saturated heterocycles. The molecule has 1 atom stereocenters. The monoisotopic (exact) mass is 243 g/mol. The molecule has 0 radical (unpaired) electrons. The summed E-state index contributed by atoms with van der Waals surface area (Å²) in [5, 5.41) is 0. The zero-order valence-electron chi connectivity index (χ0n) is 11.8. The molecule has 2 rings (SSSR count). The van der Waals surface area contributed by atoms with Gasteiger partial charge in [-0.2, -0.15) is 0 Å². The van der Waals surface area contributed by atoms with Gasteiger partial charge in [-0.15, -0.1) is 0 Å². The molecule has 0 aliphatic carbocycles. The maximum atomic E-state index is 6.38. The Morgan fingerprint density at radius 2 is 1.50 bits per heavy atom.